The molecule has 0 radical (unpaired) electrons. The molecule has 0 amide bonds. The number of hydrogen-bond donors (Lipinski definition) is 0. The molecule has 1 fully saturated rings. The zero-order valence-corrected chi connectivity index (χ0v) is 8.40. The van der Waals surface area contributed by atoms with E-state index in [-0.39, 0.29) is 11.3 Å². The van der Waals surface area contributed by atoms with Crippen molar-refractivity contribution in [2.24, 2.45) is 0 Å². The Balaban J connectivity index is 2.76. The summed E-state index contributed by atoms with van der Waals surface area (Å²) < 4.78 is 7.27. The summed E-state index contributed by atoms with van der Waals surface area (Å²) in [5.41, 5.74) is -0.285. The highest BCUT2D eigenvalue weighted by Crippen LogP contribution is 2.35. The molecule has 0 aromatic carbocycles. The zero-order chi connectivity index (χ0) is 8.70. The number of rotatable bonds is 0. The van der Waals surface area contributed by atoms with E-state index < -0.39 is 0 Å². The first-order valence-corrected chi connectivity index (χ1v) is 4.30. The Kier molecular flexibility index (Phi) is 2.21. The molecule has 0 aromatic rings. The van der Waals surface area contributed by atoms with Crippen LogP contribution in [0.3, 0.4) is 0 Å². The van der Waals surface area contributed by atoms with Crippen LogP contribution in [0.25, 0.3) is 0 Å². The molecule has 11 heavy (non-hydrogen) atoms. The first kappa shape index (κ1) is 9.30. The third kappa shape index (κ3) is 1.68. The molecule has 2 nitrogen and oxygen atoms in total. The monoisotopic (exact) mass is 177 g/mol. The lowest BCUT2D eigenvalue weighted by Crippen LogP contribution is -2.56. The van der Waals surface area contributed by atoms with E-state index in [1.54, 1.807) is 4.42 Å². The van der Waals surface area contributed by atoms with Gasteiger partial charge in [-0.2, -0.15) is 4.42 Å². The van der Waals surface area contributed by atoms with E-state index in [0.717, 1.165) is 13.0 Å². The van der Waals surface area contributed by atoms with Gasteiger partial charge >= 0.3 is 0 Å². The molecule has 1 heterocycles. The van der Waals surface area contributed by atoms with Gasteiger partial charge < -0.3 is 4.74 Å². The van der Waals surface area contributed by atoms with Crippen LogP contribution in [0.2, 0.25) is 0 Å². The molecule has 0 atom stereocenters. The molecule has 1 saturated heterocycles. The first-order chi connectivity index (χ1) is 4.86. The maximum atomic E-state index is 6.11. The van der Waals surface area contributed by atoms with Gasteiger partial charge in [0.15, 0.2) is 0 Å². The van der Waals surface area contributed by atoms with Crippen LogP contribution in [-0.4, -0.2) is 22.3 Å². The average Bonchev–Trinajstić information content (AvgIpc) is 1.82. The number of nitrogens with zero attached hydrogens (tertiary/aromatic N) is 1. The van der Waals surface area contributed by atoms with Gasteiger partial charge in [-0.1, -0.05) is 0 Å². The highest BCUT2D eigenvalue weighted by molar-refractivity contribution is 6.14. The van der Waals surface area contributed by atoms with Crippen LogP contribution < -0.4 is 0 Å². The van der Waals surface area contributed by atoms with Gasteiger partial charge in [0, 0.05) is 5.54 Å². The molecule has 66 valence electrons. The van der Waals surface area contributed by atoms with Crippen LogP contribution in [-0.2, 0) is 4.74 Å². The smallest absolute Gasteiger partial charge is 0.129 e. The second kappa shape index (κ2) is 2.61. The SMILES string of the molecule is CC1(C)CCOC(C)(C)N1Cl. The van der Waals surface area contributed by atoms with Crippen molar-refractivity contribution in [2.75, 3.05) is 6.61 Å². The van der Waals surface area contributed by atoms with E-state index in [1.165, 1.54) is 0 Å². The average molecular weight is 178 g/mol. The van der Waals surface area contributed by atoms with Gasteiger partial charge in [0.05, 0.1) is 6.61 Å². The quantitative estimate of drug-likeness (QED) is 0.527. The molecular formula is C8H16ClNO. The van der Waals surface area contributed by atoms with Gasteiger partial charge in [-0.05, 0) is 45.9 Å². The lowest BCUT2D eigenvalue weighted by Gasteiger charge is -2.47. The van der Waals surface area contributed by atoms with Crippen molar-refractivity contribution in [3.8, 4) is 0 Å². The van der Waals surface area contributed by atoms with Gasteiger partial charge in [0.2, 0.25) is 0 Å². The Morgan fingerprint density at radius 1 is 1.27 bits per heavy atom. The minimum atomic E-state index is -0.330. The Labute approximate surface area is 73.6 Å². The summed E-state index contributed by atoms with van der Waals surface area (Å²) in [5, 5.41) is 0. The van der Waals surface area contributed by atoms with Crippen LogP contribution >= 0.6 is 11.8 Å². The largest absolute Gasteiger partial charge is 0.360 e. The van der Waals surface area contributed by atoms with Crippen molar-refractivity contribution >= 4 is 11.8 Å². The van der Waals surface area contributed by atoms with E-state index >= 15 is 0 Å². The van der Waals surface area contributed by atoms with E-state index in [2.05, 4.69) is 13.8 Å². The molecule has 0 unspecified atom stereocenters. The van der Waals surface area contributed by atoms with E-state index in [1.807, 2.05) is 13.8 Å². The fourth-order valence-electron chi connectivity index (χ4n) is 1.43. The maximum Gasteiger partial charge on any atom is 0.129 e. The summed E-state index contributed by atoms with van der Waals surface area (Å²) >= 11 is 6.11. The Bertz CT molecular complexity index is 140. The minimum Gasteiger partial charge on any atom is -0.360 e. The molecule has 0 saturated carbocycles. The van der Waals surface area contributed by atoms with Crippen LogP contribution in [0.1, 0.15) is 34.1 Å². The Hall–Kier alpha value is 0.210. The molecule has 0 spiro atoms. The summed E-state index contributed by atoms with van der Waals surface area (Å²) in [6, 6.07) is 0. The second-order valence-electron chi connectivity index (χ2n) is 4.14. The van der Waals surface area contributed by atoms with Gasteiger partial charge in [-0.3, -0.25) is 0 Å². The van der Waals surface area contributed by atoms with Crippen LogP contribution in [0.5, 0.6) is 0 Å². The van der Waals surface area contributed by atoms with Crippen molar-refractivity contribution in [3.63, 3.8) is 0 Å². The van der Waals surface area contributed by atoms with Crippen molar-refractivity contribution < 1.29 is 4.74 Å². The maximum absolute atomic E-state index is 6.11. The van der Waals surface area contributed by atoms with E-state index in [4.69, 9.17) is 16.5 Å². The highest BCUT2D eigenvalue weighted by atomic mass is 35.5. The molecule has 1 aliphatic rings. The highest BCUT2D eigenvalue weighted by Gasteiger charge is 2.41. The van der Waals surface area contributed by atoms with Crippen molar-refractivity contribution in [3.05, 3.63) is 0 Å². The minimum absolute atomic E-state index is 0.0449. The summed E-state index contributed by atoms with van der Waals surface area (Å²) in [6.45, 7) is 9.03. The lowest BCUT2D eigenvalue weighted by molar-refractivity contribution is -0.166. The summed E-state index contributed by atoms with van der Waals surface area (Å²) in [6.07, 6.45) is 0.986. The molecule has 0 bridgehead atoms. The number of hydrogen-bond acceptors (Lipinski definition) is 2. The molecule has 0 aliphatic carbocycles. The number of ether oxygens (including phenoxy) is 1. The predicted molar refractivity (Wildman–Crippen MR) is 46.4 cm³/mol. The molecule has 0 N–H and O–H groups in total. The fraction of sp³-hybridized carbons (Fsp3) is 1.00. The van der Waals surface area contributed by atoms with Crippen LogP contribution in [0, 0.1) is 0 Å². The summed E-state index contributed by atoms with van der Waals surface area (Å²) in [7, 11) is 0. The van der Waals surface area contributed by atoms with Crippen molar-refractivity contribution in [2.45, 2.75) is 45.4 Å². The summed E-state index contributed by atoms with van der Waals surface area (Å²) in [4.78, 5) is 0. The Morgan fingerprint density at radius 3 is 2.18 bits per heavy atom. The van der Waals surface area contributed by atoms with Crippen molar-refractivity contribution in [1.29, 1.82) is 0 Å². The third-order valence-electron chi connectivity index (χ3n) is 2.17. The molecule has 1 rings (SSSR count). The predicted octanol–water partition coefficient (Wildman–Crippen LogP) is 2.38. The standard InChI is InChI=1S/C8H16ClNO/c1-7(2)5-6-11-8(3,4)10(7)9/h5-6H2,1-4H3. The van der Waals surface area contributed by atoms with E-state index in [9.17, 15) is 0 Å². The molecule has 1 aliphatic heterocycles. The van der Waals surface area contributed by atoms with E-state index in [0.29, 0.717) is 0 Å². The van der Waals surface area contributed by atoms with Crippen LogP contribution in [0.4, 0.5) is 0 Å². The molecule has 0 aromatic heterocycles. The molecule has 3 heteroatoms. The van der Waals surface area contributed by atoms with Crippen molar-refractivity contribution in [1.82, 2.24) is 4.42 Å². The van der Waals surface area contributed by atoms with Gasteiger partial charge in [-0.15, -0.1) is 0 Å². The third-order valence-corrected chi connectivity index (χ3v) is 3.04. The fourth-order valence-corrected chi connectivity index (χ4v) is 1.57. The first-order valence-electron chi connectivity index (χ1n) is 3.96. The zero-order valence-electron chi connectivity index (χ0n) is 7.65. The second-order valence-corrected chi connectivity index (χ2v) is 4.48. The van der Waals surface area contributed by atoms with Crippen LogP contribution in [0.15, 0.2) is 0 Å². The topological polar surface area (TPSA) is 12.5 Å². The van der Waals surface area contributed by atoms with Gasteiger partial charge in [-0.25, -0.2) is 0 Å². The molecular weight excluding hydrogens is 162 g/mol. The van der Waals surface area contributed by atoms with Gasteiger partial charge in [0.1, 0.15) is 5.72 Å². The number of halogens is 1. The van der Waals surface area contributed by atoms with Gasteiger partial charge in [0.25, 0.3) is 0 Å². The Morgan fingerprint density at radius 2 is 1.82 bits per heavy atom. The summed E-state index contributed by atoms with van der Waals surface area (Å²) in [5.74, 6) is 0. The lowest BCUT2D eigenvalue weighted by atomic mass is 9.97. The normalized spacial score (nSPS) is 30.3.